The summed E-state index contributed by atoms with van der Waals surface area (Å²) in [5.41, 5.74) is 2.74. The van der Waals surface area contributed by atoms with E-state index in [1.54, 1.807) is 12.1 Å². The second kappa shape index (κ2) is 7.84. The molecule has 0 saturated carbocycles. The van der Waals surface area contributed by atoms with Crippen LogP contribution in [0.1, 0.15) is 27.5 Å². The summed E-state index contributed by atoms with van der Waals surface area (Å²) in [5, 5.41) is 0. The van der Waals surface area contributed by atoms with Crippen molar-refractivity contribution in [2.45, 2.75) is 6.04 Å². The van der Waals surface area contributed by atoms with Crippen LogP contribution < -0.4 is 0 Å². The van der Waals surface area contributed by atoms with Crippen LogP contribution in [0.4, 0.5) is 0 Å². The Morgan fingerprint density at radius 2 is 1.29 bits per heavy atom. The van der Waals surface area contributed by atoms with E-state index in [2.05, 4.69) is 20.9 Å². The van der Waals surface area contributed by atoms with Crippen LogP contribution in [0.5, 0.6) is 0 Å². The van der Waals surface area contributed by atoms with Crippen molar-refractivity contribution in [2.24, 2.45) is 4.99 Å². The van der Waals surface area contributed by atoms with Gasteiger partial charge in [-0.3, -0.25) is 9.79 Å². The smallest absolute Gasteiger partial charge is 0.203 e. The monoisotopic (exact) mass is 377 g/mol. The zero-order chi connectivity index (χ0) is 16.8. The van der Waals surface area contributed by atoms with Gasteiger partial charge in [-0.25, -0.2) is 0 Å². The fraction of sp³-hybridized carbons (Fsp3) is 0.0476. The van der Waals surface area contributed by atoms with Crippen molar-refractivity contribution in [3.63, 3.8) is 0 Å². The summed E-state index contributed by atoms with van der Waals surface area (Å²) >= 11 is 3.37. The molecular formula is C21H16BrNO. The van der Waals surface area contributed by atoms with Crippen LogP contribution in [0.3, 0.4) is 0 Å². The van der Waals surface area contributed by atoms with Crippen molar-refractivity contribution in [3.8, 4) is 0 Å². The maximum atomic E-state index is 12.4. The molecule has 3 aromatic carbocycles. The minimum Gasteiger partial charge on any atom is -0.288 e. The number of carbonyl (C=O) groups excluding carboxylic acids is 1. The molecule has 0 aliphatic heterocycles. The van der Waals surface area contributed by atoms with Gasteiger partial charge in [-0.2, -0.15) is 0 Å². The average Bonchev–Trinajstić information content (AvgIpc) is 2.64. The van der Waals surface area contributed by atoms with Gasteiger partial charge in [-0.1, -0.05) is 76.6 Å². The van der Waals surface area contributed by atoms with E-state index in [1.165, 1.54) is 6.21 Å². The first-order chi connectivity index (χ1) is 11.7. The van der Waals surface area contributed by atoms with Crippen molar-refractivity contribution in [1.82, 2.24) is 0 Å². The van der Waals surface area contributed by atoms with Crippen molar-refractivity contribution >= 4 is 27.9 Å². The van der Waals surface area contributed by atoms with Crippen molar-refractivity contribution < 1.29 is 4.79 Å². The van der Waals surface area contributed by atoms with Crippen LogP contribution in [0, 0.1) is 0 Å². The zero-order valence-electron chi connectivity index (χ0n) is 13.0. The van der Waals surface area contributed by atoms with Gasteiger partial charge in [-0.05, 0) is 35.4 Å². The van der Waals surface area contributed by atoms with Gasteiger partial charge >= 0.3 is 0 Å². The number of halogens is 1. The van der Waals surface area contributed by atoms with E-state index in [0.717, 1.165) is 15.6 Å². The Kier molecular flexibility index (Phi) is 5.34. The highest BCUT2D eigenvalue weighted by molar-refractivity contribution is 9.10. The molecule has 0 N–H and O–H groups in total. The van der Waals surface area contributed by atoms with Gasteiger partial charge in [0.15, 0.2) is 0 Å². The molecule has 0 radical (unpaired) electrons. The lowest BCUT2D eigenvalue weighted by Gasteiger charge is -2.13. The predicted octanol–water partition coefficient (Wildman–Crippen LogP) is 5.49. The largest absolute Gasteiger partial charge is 0.288 e. The molecule has 0 aliphatic rings. The van der Waals surface area contributed by atoms with Crippen molar-refractivity contribution in [2.75, 3.05) is 0 Å². The third-order valence-electron chi connectivity index (χ3n) is 3.70. The van der Waals surface area contributed by atoms with Crippen LogP contribution in [0.25, 0.3) is 0 Å². The molecule has 2 nitrogen and oxygen atoms in total. The molecule has 0 atom stereocenters. The van der Waals surface area contributed by atoms with E-state index in [-0.39, 0.29) is 11.8 Å². The summed E-state index contributed by atoms with van der Waals surface area (Å²) in [5.74, 6) is -0.0978. The topological polar surface area (TPSA) is 29.4 Å². The number of hydrogen-bond acceptors (Lipinski definition) is 2. The first-order valence-corrected chi connectivity index (χ1v) is 8.46. The van der Waals surface area contributed by atoms with E-state index in [4.69, 9.17) is 0 Å². The minimum absolute atomic E-state index is 0.0978. The molecule has 3 heteroatoms. The van der Waals surface area contributed by atoms with E-state index in [1.807, 2.05) is 72.8 Å². The van der Waals surface area contributed by atoms with Crippen LogP contribution in [0.2, 0.25) is 0 Å². The molecule has 0 aliphatic carbocycles. The molecule has 0 saturated heterocycles. The lowest BCUT2D eigenvalue weighted by atomic mass is 9.99. The number of aliphatic imine (C=N–C) groups is 1. The quantitative estimate of drug-likeness (QED) is 0.426. The Hall–Kier alpha value is -2.52. The fourth-order valence-corrected chi connectivity index (χ4v) is 2.73. The van der Waals surface area contributed by atoms with Crippen LogP contribution in [-0.4, -0.2) is 12.0 Å². The van der Waals surface area contributed by atoms with Gasteiger partial charge in [0.25, 0.3) is 0 Å². The molecule has 0 unspecified atom stereocenters. The first-order valence-electron chi connectivity index (χ1n) is 7.67. The molecule has 0 amide bonds. The lowest BCUT2D eigenvalue weighted by Crippen LogP contribution is -2.04. The third-order valence-corrected chi connectivity index (χ3v) is 4.23. The van der Waals surface area contributed by atoms with Gasteiger partial charge in [-0.15, -0.1) is 0 Å². The Bertz CT molecular complexity index is 787. The highest BCUT2D eigenvalue weighted by Gasteiger charge is 2.12. The number of ketones is 1. The van der Waals surface area contributed by atoms with E-state index in [9.17, 15) is 4.79 Å². The fourth-order valence-electron chi connectivity index (χ4n) is 2.47. The second-order valence-corrected chi connectivity index (χ2v) is 6.29. The van der Waals surface area contributed by atoms with Gasteiger partial charge in [0.2, 0.25) is 5.78 Å². The molecule has 3 aromatic rings. The van der Waals surface area contributed by atoms with E-state index >= 15 is 0 Å². The Morgan fingerprint density at radius 3 is 1.79 bits per heavy atom. The minimum atomic E-state index is -0.188. The summed E-state index contributed by atoms with van der Waals surface area (Å²) in [6.07, 6.45) is 1.42. The number of Topliss-reactive ketones (excluding diaryl/α,β-unsaturated/α-hetero) is 1. The predicted molar refractivity (Wildman–Crippen MR) is 102 cm³/mol. The maximum Gasteiger partial charge on any atom is 0.203 e. The lowest BCUT2D eigenvalue weighted by molar-refractivity contribution is 0.107. The SMILES string of the molecule is O=C(C=NC(c1ccccc1)c1ccccc1)c1ccc(Br)cc1. The zero-order valence-corrected chi connectivity index (χ0v) is 14.6. The molecule has 0 fully saturated rings. The van der Waals surface area contributed by atoms with Crippen LogP contribution >= 0.6 is 15.9 Å². The summed E-state index contributed by atoms with van der Waals surface area (Å²) in [6, 6.07) is 27.1. The van der Waals surface area contributed by atoms with Gasteiger partial charge in [0.1, 0.15) is 6.04 Å². The number of hydrogen-bond donors (Lipinski definition) is 0. The molecule has 0 spiro atoms. The molecular weight excluding hydrogens is 362 g/mol. The highest BCUT2D eigenvalue weighted by atomic mass is 79.9. The first kappa shape index (κ1) is 16.3. The Balaban J connectivity index is 1.89. The molecule has 0 heterocycles. The van der Waals surface area contributed by atoms with E-state index < -0.39 is 0 Å². The second-order valence-electron chi connectivity index (χ2n) is 5.37. The van der Waals surface area contributed by atoms with Crippen molar-refractivity contribution in [1.29, 1.82) is 0 Å². The number of carbonyl (C=O) groups is 1. The number of rotatable bonds is 5. The molecule has 118 valence electrons. The summed E-state index contributed by atoms with van der Waals surface area (Å²) in [6.45, 7) is 0. The molecule has 24 heavy (non-hydrogen) atoms. The number of nitrogens with zero attached hydrogens (tertiary/aromatic N) is 1. The normalized spacial score (nSPS) is 11.1. The Labute approximate surface area is 150 Å². The van der Waals surface area contributed by atoms with Crippen LogP contribution in [0.15, 0.2) is 94.4 Å². The summed E-state index contributed by atoms with van der Waals surface area (Å²) < 4.78 is 0.947. The van der Waals surface area contributed by atoms with E-state index in [0.29, 0.717) is 5.56 Å². The van der Waals surface area contributed by atoms with Crippen molar-refractivity contribution in [3.05, 3.63) is 106 Å². The molecule has 3 rings (SSSR count). The highest BCUT2D eigenvalue weighted by Crippen LogP contribution is 2.25. The standard InChI is InChI=1S/C21H16BrNO/c22-19-13-11-16(12-14-19)20(24)15-23-21(17-7-3-1-4-8-17)18-9-5-2-6-10-18/h1-15,21H. The maximum absolute atomic E-state index is 12.4. The summed E-state index contributed by atoms with van der Waals surface area (Å²) in [4.78, 5) is 16.9. The van der Waals surface area contributed by atoms with Gasteiger partial charge in [0, 0.05) is 10.0 Å². The summed E-state index contributed by atoms with van der Waals surface area (Å²) in [7, 11) is 0. The van der Waals surface area contributed by atoms with Gasteiger partial charge < -0.3 is 0 Å². The number of benzene rings is 3. The van der Waals surface area contributed by atoms with Crippen LogP contribution in [-0.2, 0) is 0 Å². The average molecular weight is 378 g/mol. The third kappa shape index (κ3) is 4.06. The molecule has 0 bridgehead atoms. The van der Waals surface area contributed by atoms with Gasteiger partial charge in [0.05, 0.1) is 6.21 Å². The molecule has 0 aromatic heterocycles. The Morgan fingerprint density at radius 1 is 0.792 bits per heavy atom.